The van der Waals surface area contributed by atoms with Crippen molar-refractivity contribution < 1.29 is 0 Å². The van der Waals surface area contributed by atoms with Crippen LogP contribution in [0.15, 0.2) is 34.8 Å². The molecule has 1 aromatic heterocycles. The first-order valence-electron chi connectivity index (χ1n) is 6.67. The molecule has 0 bridgehead atoms. The third kappa shape index (κ3) is 3.93. The molecule has 0 spiro atoms. The summed E-state index contributed by atoms with van der Waals surface area (Å²) in [5, 5.41) is 0. The second-order valence-electron chi connectivity index (χ2n) is 4.80. The number of nitrogens with zero attached hydrogens (tertiary/aromatic N) is 3. The summed E-state index contributed by atoms with van der Waals surface area (Å²) in [7, 11) is 2.01. The smallest absolute Gasteiger partial charge is 0.134 e. The van der Waals surface area contributed by atoms with E-state index in [1.165, 1.54) is 5.56 Å². The molecule has 0 atom stereocenters. The molecule has 0 radical (unpaired) electrons. The Morgan fingerprint density at radius 2 is 1.90 bits per heavy atom. The van der Waals surface area contributed by atoms with E-state index in [-0.39, 0.29) is 0 Å². The number of nitrogens with two attached hydrogens (primary N) is 1. The van der Waals surface area contributed by atoms with Crippen LogP contribution in [0, 0.1) is 0 Å². The Balaban J connectivity index is 2.15. The highest BCUT2D eigenvalue weighted by molar-refractivity contribution is 9.10. The Hall–Kier alpha value is -1.62. The highest BCUT2D eigenvalue weighted by Crippen LogP contribution is 2.17. The fourth-order valence-corrected chi connectivity index (χ4v) is 2.24. The summed E-state index contributed by atoms with van der Waals surface area (Å²) in [6.07, 6.45) is 1.86. The summed E-state index contributed by atoms with van der Waals surface area (Å²) < 4.78 is 1.08. The summed E-state index contributed by atoms with van der Waals surface area (Å²) in [6, 6.07) is 10.1. The minimum Gasteiger partial charge on any atom is -0.384 e. The summed E-state index contributed by atoms with van der Waals surface area (Å²) in [4.78, 5) is 10.9. The van der Waals surface area contributed by atoms with E-state index in [0.29, 0.717) is 5.82 Å². The van der Waals surface area contributed by atoms with E-state index in [0.717, 1.165) is 35.5 Å². The highest BCUT2D eigenvalue weighted by atomic mass is 79.9. The first kappa shape index (κ1) is 14.8. The summed E-state index contributed by atoms with van der Waals surface area (Å²) >= 11 is 3.44. The van der Waals surface area contributed by atoms with Crippen LogP contribution in [0.25, 0.3) is 0 Å². The van der Waals surface area contributed by atoms with Crippen molar-refractivity contribution in [1.29, 1.82) is 0 Å². The molecule has 0 aliphatic heterocycles. The molecular formula is C15H19BrN4. The number of nitrogen functional groups attached to an aromatic ring is 1. The van der Waals surface area contributed by atoms with Crippen LogP contribution in [-0.4, -0.2) is 17.0 Å². The van der Waals surface area contributed by atoms with Gasteiger partial charge in [0.15, 0.2) is 0 Å². The summed E-state index contributed by atoms with van der Waals surface area (Å²) in [6.45, 7) is 2.90. The first-order chi connectivity index (χ1) is 9.58. The molecule has 2 rings (SSSR count). The number of hydrogen-bond donors (Lipinski definition) is 1. The van der Waals surface area contributed by atoms with E-state index in [4.69, 9.17) is 5.73 Å². The number of benzene rings is 1. The third-order valence-electron chi connectivity index (χ3n) is 2.98. The maximum absolute atomic E-state index is 5.86. The van der Waals surface area contributed by atoms with Gasteiger partial charge in [-0.3, -0.25) is 0 Å². The largest absolute Gasteiger partial charge is 0.384 e. The molecule has 0 saturated heterocycles. The van der Waals surface area contributed by atoms with E-state index in [1.807, 2.05) is 25.2 Å². The lowest BCUT2D eigenvalue weighted by molar-refractivity contribution is 0.815. The van der Waals surface area contributed by atoms with Crippen molar-refractivity contribution in [3.05, 3.63) is 46.2 Å². The molecule has 1 heterocycles. The number of rotatable bonds is 5. The number of halogens is 1. The predicted molar refractivity (Wildman–Crippen MR) is 86.7 cm³/mol. The van der Waals surface area contributed by atoms with Gasteiger partial charge in [0.2, 0.25) is 0 Å². The predicted octanol–water partition coefficient (Wildman–Crippen LogP) is 3.41. The minimum absolute atomic E-state index is 0.529. The molecule has 0 saturated carbocycles. The van der Waals surface area contributed by atoms with Crippen LogP contribution in [0.2, 0.25) is 0 Å². The average Bonchev–Trinajstić information content (AvgIpc) is 2.41. The lowest BCUT2D eigenvalue weighted by Gasteiger charge is -2.19. The van der Waals surface area contributed by atoms with Gasteiger partial charge in [0.05, 0.1) is 0 Å². The van der Waals surface area contributed by atoms with Crippen molar-refractivity contribution in [2.75, 3.05) is 17.7 Å². The van der Waals surface area contributed by atoms with E-state index in [1.54, 1.807) is 0 Å². The number of anilines is 2. The number of hydrogen-bond acceptors (Lipinski definition) is 4. The molecule has 0 amide bonds. The van der Waals surface area contributed by atoms with Crippen molar-refractivity contribution in [2.24, 2.45) is 0 Å². The van der Waals surface area contributed by atoms with Gasteiger partial charge in [0, 0.05) is 30.6 Å². The van der Waals surface area contributed by atoms with Gasteiger partial charge in [-0.15, -0.1) is 0 Å². The Morgan fingerprint density at radius 1 is 1.20 bits per heavy atom. The zero-order valence-electron chi connectivity index (χ0n) is 11.8. The van der Waals surface area contributed by atoms with E-state index >= 15 is 0 Å². The minimum atomic E-state index is 0.529. The quantitative estimate of drug-likeness (QED) is 0.910. The Labute approximate surface area is 128 Å². The molecule has 0 unspecified atom stereocenters. The number of aromatic nitrogens is 2. The fourth-order valence-electron chi connectivity index (χ4n) is 1.98. The maximum Gasteiger partial charge on any atom is 0.134 e. The van der Waals surface area contributed by atoms with Gasteiger partial charge < -0.3 is 10.6 Å². The fraction of sp³-hybridized carbons (Fsp3) is 0.333. The summed E-state index contributed by atoms with van der Waals surface area (Å²) in [5.74, 6) is 2.20. The van der Waals surface area contributed by atoms with Gasteiger partial charge in [-0.1, -0.05) is 35.0 Å². The van der Waals surface area contributed by atoms with Gasteiger partial charge in [-0.2, -0.15) is 0 Å². The molecular weight excluding hydrogens is 316 g/mol. The van der Waals surface area contributed by atoms with Crippen LogP contribution in [0.1, 0.15) is 24.7 Å². The third-order valence-corrected chi connectivity index (χ3v) is 3.51. The van der Waals surface area contributed by atoms with Crippen molar-refractivity contribution >= 4 is 27.6 Å². The van der Waals surface area contributed by atoms with Gasteiger partial charge in [0.1, 0.15) is 17.5 Å². The van der Waals surface area contributed by atoms with Crippen LogP contribution in [0.5, 0.6) is 0 Å². The van der Waals surface area contributed by atoms with Crippen LogP contribution >= 0.6 is 15.9 Å². The zero-order valence-corrected chi connectivity index (χ0v) is 13.4. The summed E-state index contributed by atoms with van der Waals surface area (Å²) in [5.41, 5.74) is 7.08. The lowest BCUT2D eigenvalue weighted by atomic mass is 10.2. The molecule has 1 aromatic carbocycles. The van der Waals surface area contributed by atoms with Crippen LogP contribution in [0.3, 0.4) is 0 Å². The average molecular weight is 335 g/mol. The molecule has 0 fully saturated rings. The van der Waals surface area contributed by atoms with Gasteiger partial charge >= 0.3 is 0 Å². The monoisotopic (exact) mass is 334 g/mol. The maximum atomic E-state index is 5.86. The molecule has 106 valence electrons. The van der Waals surface area contributed by atoms with Gasteiger partial charge in [-0.25, -0.2) is 9.97 Å². The standard InChI is InChI=1S/C15H19BrN4/c1-3-4-14-18-13(17)9-15(19-14)20(2)10-11-5-7-12(16)8-6-11/h5-9H,3-4,10H2,1-2H3,(H2,17,18,19). The molecule has 2 aromatic rings. The normalized spacial score (nSPS) is 10.6. The SMILES string of the molecule is CCCc1nc(N)cc(N(C)Cc2ccc(Br)cc2)n1. The van der Waals surface area contributed by atoms with Gasteiger partial charge in [0.25, 0.3) is 0 Å². The van der Waals surface area contributed by atoms with Crippen molar-refractivity contribution in [3.8, 4) is 0 Å². The van der Waals surface area contributed by atoms with Crippen LogP contribution < -0.4 is 10.6 Å². The van der Waals surface area contributed by atoms with E-state index in [2.05, 4.69) is 49.9 Å². The Morgan fingerprint density at radius 3 is 2.55 bits per heavy atom. The van der Waals surface area contributed by atoms with E-state index < -0.39 is 0 Å². The topological polar surface area (TPSA) is 55.0 Å². The van der Waals surface area contributed by atoms with Crippen molar-refractivity contribution in [2.45, 2.75) is 26.3 Å². The lowest BCUT2D eigenvalue weighted by Crippen LogP contribution is -2.19. The second kappa shape index (κ2) is 6.70. The second-order valence-corrected chi connectivity index (χ2v) is 5.72. The molecule has 0 aliphatic carbocycles. The Bertz CT molecular complexity index is 569. The van der Waals surface area contributed by atoms with Gasteiger partial charge in [-0.05, 0) is 24.1 Å². The van der Waals surface area contributed by atoms with Crippen LogP contribution in [0.4, 0.5) is 11.6 Å². The van der Waals surface area contributed by atoms with Crippen LogP contribution in [-0.2, 0) is 13.0 Å². The molecule has 20 heavy (non-hydrogen) atoms. The molecule has 4 nitrogen and oxygen atoms in total. The molecule has 5 heteroatoms. The zero-order chi connectivity index (χ0) is 14.5. The highest BCUT2D eigenvalue weighted by Gasteiger charge is 2.07. The molecule has 0 aliphatic rings. The molecule has 2 N–H and O–H groups in total. The first-order valence-corrected chi connectivity index (χ1v) is 7.47. The van der Waals surface area contributed by atoms with Crippen molar-refractivity contribution in [1.82, 2.24) is 9.97 Å². The Kier molecular flexibility index (Phi) is 4.95. The number of aryl methyl sites for hydroxylation is 1. The van der Waals surface area contributed by atoms with E-state index in [9.17, 15) is 0 Å². The van der Waals surface area contributed by atoms with Crippen molar-refractivity contribution in [3.63, 3.8) is 0 Å².